The van der Waals surface area contributed by atoms with Gasteiger partial charge in [0.25, 0.3) is 0 Å². The quantitative estimate of drug-likeness (QED) is 0.437. The van der Waals surface area contributed by atoms with E-state index >= 15 is 0 Å². The smallest absolute Gasteiger partial charge is 0.124 e. The van der Waals surface area contributed by atoms with Gasteiger partial charge < -0.3 is 10.3 Å². The average Bonchev–Trinajstić information content (AvgIpc) is 1.38. The van der Waals surface area contributed by atoms with Crippen LogP contribution >= 0.6 is 0 Å². The van der Waals surface area contributed by atoms with E-state index in [1.54, 1.807) is 5.48 Å². The zero-order valence-electron chi connectivity index (χ0n) is 3.29. The van der Waals surface area contributed by atoms with Crippen molar-refractivity contribution in [2.45, 2.75) is 13.2 Å². The number of hydroxylamine groups is 1. The number of rotatable bonds is 1. The largest absolute Gasteiger partial charge is 0.377 e. The minimum absolute atomic E-state index is 0. The Hall–Kier alpha value is 0.568. The van der Waals surface area contributed by atoms with E-state index in [2.05, 4.69) is 0 Å². The summed E-state index contributed by atoms with van der Waals surface area (Å²) in [6.07, 6.45) is -0.810. The van der Waals surface area contributed by atoms with Crippen LogP contribution in [0.2, 0.25) is 0 Å². The predicted molar refractivity (Wildman–Crippen MR) is 16.6 cm³/mol. The van der Waals surface area contributed by atoms with Crippen molar-refractivity contribution < 1.29 is 31.4 Å². The molecular formula is C2H7NO2Pt. The number of nitrogens with one attached hydrogen (secondary N) is 1. The zero-order chi connectivity index (χ0) is 4.28. The number of hydrogen-bond acceptors (Lipinski definition) is 3. The first-order valence-electron chi connectivity index (χ1n) is 1.35. The van der Waals surface area contributed by atoms with E-state index in [0.717, 1.165) is 0 Å². The van der Waals surface area contributed by atoms with Gasteiger partial charge in [0.15, 0.2) is 0 Å². The summed E-state index contributed by atoms with van der Waals surface area (Å²) in [4.78, 5) is 0. The Kier molecular flexibility index (Phi) is 9.06. The SMILES string of the molecule is CC(O)NO.[Pt]. The third kappa shape index (κ3) is 8.82. The standard InChI is InChI=1S/C2H7NO2.Pt/c1-2(4)3-5;/h2-5H,1H3;. The normalized spacial score (nSPS) is 12.5. The van der Waals surface area contributed by atoms with E-state index in [9.17, 15) is 0 Å². The molecule has 1 unspecified atom stereocenters. The van der Waals surface area contributed by atoms with Crippen molar-refractivity contribution in [3.05, 3.63) is 0 Å². The van der Waals surface area contributed by atoms with Gasteiger partial charge in [0.2, 0.25) is 0 Å². The molecule has 0 aliphatic carbocycles. The van der Waals surface area contributed by atoms with Crippen LogP contribution in [0.25, 0.3) is 0 Å². The molecule has 0 rings (SSSR count). The maximum absolute atomic E-state index is 8.00. The average molecular weight is 272 g/mol. The minimum Gasteiger partial charge on any atom is -0.377 e. The van der Waals surface area contributed by atoms with E-state index in [-0.39, 0.29) is 21.1 Å². The Morgan fingerprint density at radius 3 is 1.83 bits per heavy atom. The number of aliphatic hydroxyl groups excluding tert-OH is 1. The van der Waals surface area contributed by atoms with E-state index in [0.29, 0.717) is 0 Å². The van der Waals surface area contributed by atoms with Gasteiger partial charge in [0.05, 0.1) is 0 Å². The van der Waals surface area contributed by atoms with Gasteiger partial charge in [0, 0.05) is 21.1 Å². The Balaban J connectivity index is 0. The number of hydrogen-bond donors (Lipinski definition) is 3. The van der Waals surface area contributed by atoms with E-state index < -0.39 is 6.23 Å². The topological polar surface area (TPSA) is 52.5 Å². The van der Waals surface area contributed by atoms with Gasteiger partial charge in [-0.05, 0) is 6.92 Å². The van der Waals surface area contributed by atoms with Crippen molar-refractivity contribution in [3.8, 4) is 0 Å². The molecule has 0 saturated heterocycles. The molecule has 0 aliphatic rings. The first-order valence-corrected chi connectivity index (χ1v) is 1.35. The molecular weight excluding hydrogens is 265 g/mol. The van der Waals surface area contributed by atoms with Crippen molar-refractivity contribution in [3.63, 3.8) is 0 Å². The second-order valence-corrected chi connectivity index (χ2v) is 0.805. The molecule has 0 saturated carbocycles. The van der Waals surface area contributed by atoms with Crippen LogP contribution in [0, 0.1) is 0 Å². The third-order valence-electron chi connectivity index (χ3n) is 0.187. The Morgan fingerprint density at radius 2 is 1.83 bits per heavy atom. The maximum Gasteiger partial charge on any atom is 0.124 e. The van der Waals surface area contributed by atoms with Crippen LogP contribution in [-0.4, -0.2) is 16.5 Å². The molecule has 0 fully saturated rings. The molecule has 0 aromatic heterocycles. The molecule has 42 valence electrons. The third-order valence-corrected chi connectivity index (χ3v) is 0.187. The van der Waals surface area contributed by atoms with Gasteiger partial charge in [-0.15, -0.1) is 0 Å². The Labute approximate surface area is 50.6 Å². The molecule has 0 heterocycles. The summed E-state index contributed by atoms with van der Waals surface area (Å²) in [6, 6.07) is 0. The molecule has 0 aliphatic heterocycles. The van der Waals surface area contributed by atoms with Crippen molar-refractivity contribution in [2.24, 2.45) is 0 Å². The van der Waals surface area contributed by atoms with Crippen LogP contribution in [0.1, 0.15) is 6.92 Å². The Bertz CT molecular complexity index is 25.5. The molecule has 6 heavy (non-hydrogen) atoms. The molecule has 0 aromatic rings. The molecule has 0 bridgehead atoms. The molecule has 3 N–H and O–H groups in total. The Morgan fingerprint density at radius 1 is 1.67 bits per heavy atom. The van der Waals surface area contributed by atoms with Gasteiger partial charge >= 0.3 is 0 Å². The fraction of sp³-hybridized carbons (Fsp3) is 1.00. The summed E-state index contributed by atoms with van der Waals surface area (Å²) < 4.78 is 0. The van der Waals surface area contributed by atoms with Gasteiger partial charge in [-0.25, -0.2) is 0 Å². The summed E-state index contributed by atoms with van der Waals surface area (Å²) in [5.74, 6) is 0. The summed E-state index contributed by atoms with van der Waals surface area (Å²) in [5, 5.41) is 15.6. The van der Waals surface area contributed by atoms with Crippen LogP contribution in [-0.2, 0) is 21.1 Å². The van der Waals surface area contributed by atoms with Gasteiger partial charge in [0.1, 0.15) is 6.23 Å². The van der Waals surface area contributed by atoms with Gasteiger partial charge in [-0.1, -0.05) is 0 Å². The van der Waals surface area contributed by atoms with Gasteiger partial charge in [-0.2, -0.15) is 5.48 Å². The summed E-state index contributed by atoms with van der Waals surface area (Å²) in [6.45, 7) is 1.42. The summed E-state index contributed by atoms with van der Waals surface area (Å²) in [5.41, 5.74) is 1.58. The first kappa shape index (κ1) is 9.76. The van der Waals surface area contributed by atoms with Crippen molar-refractivity contribution >= 4 is 0 Å². The fourth-order valence-electron chi connectivity index (χ4n) is 0. The second-order valence-electron chi connectivity index (χ2n) is 0.805. The minimum atomic E-state index is -0.810. The zero-order valence-corrected chi connectivity index (χ0v) is 5.56. The molecule has 0 amide bonds. The van der Waals surface area contributed by atoms with Crippen molar-refractivity contribution in [2.75, 3.05) is 0 Å². The number of aliphatic hydroxyl groups is 1. The van der Waals surface area contributed by atoms with E-state index in [1.165, 1.54) is 6.92 Å². The predicted octanol–water partition coefficient (Wildman–Crippen LogP) is -0.699. The van der Waals surface area contributed by atoms with Crippen molar-refractivity contribution in [1.82, 2.24) is 5.48 Å². The van der Waals surface area contributed by atoms with Crippen LogP contribution < -0.4 is 5.48 Å². The summed E-state index contributed by atoms with van der Waals surface area (Å²) >= 11 is 0. The molecule has 0 radical (unpaired) electrons. The van der Waals surface area contributed by atoms with Crippen LogP contribution in [0.4, 0.5) is 0 Å². The molecule has 4 heteroatoms. The fourth-order valence-corrected chi connectivity index (χ4v) is 0. The first-order chi connectivity index (χ1) is 2.27. The monoisotopic (exact) mass is 272 g/mol. The molecule has 0 aromatic carbocycles. The molecule has 3 nitrogen and oxygen atoms in total. The van der Waals surface area contributed by atoms with Crippen LogP contribution in [0.5, 0.6) is 0 Å². The van der Waals surface area contributed by atoms with E-state index in [1.807, 2.05) is 0 Å². The summed E-state index contributed by atoms with van der Waals surface area (Å²) in [7, 11) is 0. The molecule has 1 atom stereocenters. The van der Waals surface area contributed by atoms with Crippen LogP contribution in [0.15, 0.2) is 0 Å². The van der Waals surface area contributed by atoms with Crippen LogP contribution in [0.3, 0.4) is 0 Å². The van der Waals surface area contributed by atoms with Gasteiger partial charge in [-0.3, -0.25) is 0 Å². The second kappa shape index (κ2) is 5.57. The molecule has 0 spiro atoms. The van der Waals surface area contributed by atoms with Crippen molar-refractivity contribution in [1.29, 1.82) is 0 Å². The maximum atomic E-state index is 8.00. The van der Waals surface area contributed by atoms with E-state index in [4.69, 9.17) is 10.3 Å².